The fourth-order valence-corrected chi connectivity index (χ4v) is 4.46. The first-order valence-corrected chi connectivity index (χ1v) is 11.3. The number of rotatable bonds is 7. The largest absolute Gasteiger partial charge is 0.459 e. The second kappa shape index (κ2) is 9.68. The molecular formula is C23H28FN3O3S. The van der Waals surface area contributed by atoms with Gasteiger partial charge < -0.3 is 15.0 Å². The monoisotopic (exact) mass is 445 g/mol. The molecule has 2 aliphatic heterocycles. The van der Waals surface area contributed by atoms with Gasteiger partial charge in [0.15, 0.2) is 5.17 Å². The highest BCUT2D eigenvalue weighted by Gasteiger charge is 2.42. The number of thioether (sulfide) groups is 1. The van der Waals surface area contributed by atoms with Gasteiger partial charge >= 0.3 is 5.97 Å². The molecule has 8 heteroatoms. The number of amides is 1. The minimum atomic E-state index is -0.766. The van der Waals surface area contributed by atoms with Crippen LogP contribution < -0.4 is 5.32 Å². The third-order valence-corrected chi connectivity index (χ3v) is 6.01. The van der Waals surface area contributed by atoms with E-state index in [0.717, 1.165) is 6.42 Å². The predicted octanol–water partition coefficient (Wildman–Crippen LogP) is 4.66. The van der Waals surface area contributed by atoms with Gasteiger partial charge in [-0.3, -0.25) is 4.79 Å². The van der Waals surface area contributed by atoms with Crippen LogP contribution in [-0.2, 0) is 14.3 Å². The second-order valence-electron chi connectivity index (χ2n) is 7.92. The highest BCUT2D eigenvalue weighted by atomic mass is 32.2. The highest BCUT2D eigenvalue weighted by Crippen LogP contribution is 2.45. The minimum Gasteiger partial charge on any atom is -0.459 e. The molecule has 166 valence electrons. The third-order valence-electron chi connectivity index (χ3n) is 5.12. The van der Waals surface area contributed by atoms with Crippen LogP contribution in [0.4, 0.5) is 4.39 Å². The molecule has 1 aromatic rings. The number of aliphatic imine (C=N–C) groups is 1. The highest BCUT2D eigenvalue weighted by molar-refractivity contribution is 8.16. The summed E-state index contributed by atoms with van der Waals surface area (Å²) in [6.45, 7) is 9.19. The van der Waals surface area contributed by atoms with Gasteiger partial charge in [0.2, 0.25) is 5.91 Å². The Morgan fingerprint density at radius 3 is 2.65 bits per heavy atom. The van der Waals surface area contributed by atoms with Crippen LogP contribution >= 0.6 is 11.8 Å². The molecule has 2 unspecified atom stereocenters. The first-order valence-electron chi connectivity index (χ1n) is 10.4. The Labute approximate surface area is 186 Å². The molecule has 0 aromatic heterocycles. The van der Waals surface area contributed by atoms with E-state index in [2.05, 4.69) is 10.3 Å². The zero-order valence-corrected chi connectivity index (χ0v) is 19.3. The lowest BCUT2D eigenvalue weighted by atomic mass is 9.93. The van der Waals surface area contributed by atoms with Gasteiger partial charge in [-0.15, -0.1) is 0 Å². The van der Waals surface area contributed by atoms with E-state index in [9.17, 15) is 14.0 Å². The normalized spacial score (nSPS) is 19.1. The van der Waals surface area contributed by atoms with Crippen molar-refractivity contribution in [3.05, 3.63) is 58.0 Å². The maximum Gasteiger partial charge on any atom is 0.338 e. The van der Waals surface area contributed by atoms with Crippen LogP contribution in [0.2, 0.25) is 0 Å². The van der Waals surface area contributed by atoms with Crippen molar-refractivity contribution >= 4 is 28.8 Å². The number of ether oxygens (including phenoxy) is 1. The Hall–Kier alpha value is -2.61. The van der Waals surface area contributed by atoms with Crippen molar-refractivity contribution in [3.8, 4) is 0 Å². The third kappa shape index (κ3) is 5.01. The fraction of sp³-hybridized carbons (Fsp3) is 0.435. The molecule has 0 fully saturated rings. The lowest BCUT2D eigenvalue weighted by Gasteiger charge is -2.36. The quantitative estimate of drug-likeness (QED) is 0.618. The van der Waals surface area contributed by atoms with Crippen molar-refractivity contribution in [2.75, 3.05) is 0 Å². The van der Waals surface area contributed by atoms with Crippen LogP contribution in [0.3, 0.4) is 0 Å². The molecule has 6 nitrogen and oxygen atoms in total. The second-order valence-corrected chi connectivity index (χ2v) is 8.76. The molecule has 1 amide bonds. The number of hydrogen-bond donors (Lipinski definition) is 1. The molecule has 2 atom stereocenters. The number of fused-ring (bicyclic) bond motifs is 1. The van der Waals surface area contributed by atoms with E-state index in [1.807, 2.05) is 19.3 Å². The fourth-order valence-electron chi connectivity index (χ4n) is 3.49. The number of carbonyl (C=O) groups excluding carboxylic acids is 2. The number of carbonyl (C=O) groups is 2. The Balaban J connectivity index is 2.02. The molecule has 0 saturated heterocycles. The van der Waals surface area contributed by atoms with Gasteiger partial charge in [-0.1, -0.05) is 36.9 Å². The summed E-state index contributed by atoms with van der Waals surface area (Å²) in [6, 6.07) is 5.64. The van der Waals surface area contributed by atoms with E-state index in [-0.39, 0.29) is 30.0 Å². The summed E-state index contributed by atoms with van der Waals surface area (Å²) in [5.41, 5.74) is 1.76. The van der Waals surface area contributed by atoms with Crippen LogP contribution in [-0.4, -0.2) is 34.1 Å². The summed E-state index contributed by atoms with van der Waals surface area (Å²) in [7, 11) is 0. The van der Waals surface area contributed by atoms with Crippen molar-refractivity contribution in [2.45, 2.75) is 65.6 Å². The molecule has 1 aromatic carbocycles. The molecule has 0 radical (unpaired) electrons. The zero-order chi connectivity index (χ0) is 22.7. The van der Waals surface area contributed by atoms with E-state index in [1.165, 1.54) is 17.8 Å². The number of allylic oxidation sites excluding steroid dienone is 1. The standard InChI is InChI=1S/C23H28FN3O3S/c1-6-14(4)25-19(28)11-16-12-31-23-26-15(5)20(22(29)30-13(2)3)21(27(16)23)17-9-7-8-10-18(17)24/h7-10,12-14,21H,6,11H2,1-5H3,(H,25,28). The number of halogens is 1. The Bertz CT molecular complexity index is 971. The van der Waals surface area contributed by atoms with Gasteiger partial charge in [-0.2, -0.15) is 0 Å². The number of esters is 1. The summed E-state index contributed by atoms with van der Waals surface area (Å²) in [6.07, 6.45) is 0.595. The molecule has 1 N–H and O–H groups in total. The van der Waals surface area contributed by atoms with Crippen molar-refractivity contribution in [2.24, 2.45) is 4.99 Å². The lowest BCUT2D eigenvalue weighted by molar-refractivity contribution is -0.143. The first-order chi connectivity index (χ1) is 14.7. The van der Waals surface area contributed by atoms with E-state index in [1.54, 1.807) is 43.9 Å². The number of nitrogens with one attached hydrogen (secondary N) is 1. The zero-order valence-electron chi connectivity index (χ0n) is 18.4. The van der Waals surface area contributed by atoms with Crippen LogP contribution in [0.5, 0.6) is 0 Å². The van der Waals surface area contributed by atoms with E-state index in [4.69, 9.17) is 4.74 Å². The molecule has 31 heavy (non-hydrogen) atoms. The summed E-state index contributed by atoms with van der Waals surface area (Å²) in [5.74, 6) is -1.10. The van der Waals surface area contributed by atoms with Crippen LogP contribution in [0.1, 0.15) is 59.1 Å². The maximum absolute atomic E-state index is 14.9. The van der Waals surface area contributed by atoms with Gasteiger partial charge in [-0.25, -0.2) is 14.2 Å². The summed E-state index contributed by atoms with van der Waals surface area (Å²) >= 11 is 1.36. The lowest BCUT2D eigenvalue weighted by Crippen LogP contribution is -2.39. The van der Waals surface area contributed by atoms with Crippen molar-refractivity contribution in [1.82, 2.24) is 10.2 Å². The van der Waals surface area contributed by atoms with Gasteiger partial charge in [0, 0.05) is 17.3 Å². The van der Waals surface area contributed by atoms with Crippen LogP contribution in [0.15, 0.2) is 51.6 Å². The van der Waals surface area contributed by atoms with E-state index >= 15 is 0 Å². The minimum absolute atomic E-state index is 0.0535. The van der Waals surface area contributed by atoms with Crippen molar-refractivity contribution < 1.29 is 18.7 Å². The maximum atomic E-state index is 14.9. The number of amidine groups is 1. The Morgan fingerprint density at radius 1 is 1.29 bits per heavy atom. The predicted molar refractivity (Wildman–Crippen MR) is 121 cm³/mol. The molecule has 0 aliphatic carbocycles. The molecule has 0 bridgehead atoms. The van der Waals surface area contributed by atoms with Gasteiger partial charge in [0.25, 0.3) is 0 Å². The molecule has 0 spiro atoms. The number of benzene rings is 1. The molecule has 3 rings (SSSR count). The van der Waals surface area contributed by atoms with Gasteiger partial charge in [0.05, 0.1) is 29.8 Å². The van der Waals surface area contributed by atoms with Gasteiger partial charge in [0.1, 0.15) is 5.82 Å². The average Bonchev–Trinajstić information content (AvgIpc) is 3.08. The number of nitrogens with zero attached hydrogens (tertiary/aromatic N) is 2. The van der Waals surface area contributed by atoms with E-state index < -0.39 is 17.8 Å². The molecular weight excluding hydrogens is 417 g/mol. The summed E-state index contributed by atoms with van der Waals surface area (Å²) in [5, 5.41) is 5.40. The Morgan fingerprint density at radius 2 is 2.00 bits per heavy atom. The van der Waals surface area contributed by atoms with Crippen LogP contribution in [0.25, 0.3) is 0 Å². The average molecular weight is 446 g/mol. The SMILES string of the molecule is CCC(C)NC(=O)CC1=CSC2=NC(C)=C(C(=O)OC(C)C)C(c3ccccc3F)N12. The number of hydrogen-bond acceptors (Lipinski definition) is 6. The molecule has 0 saturated carbocycles. The Kier molecular flexibility index (Phi) is 7.20. The van der Waals surface area contributed by atoms with Crippen LogP contribution in [0, 0.1) is 5.82 Å². The van der Waals surface area contributed by atoms with Crippen molar-refractivity contribution in [3.63, 3.8) is 0 Å². The summed E-state index contributed by atoms with van der Waals surface area (Å²) in [4.78, 5) is 31.9. The van der Waals surface area contributed by atoms with E-state index in [0.29, 0.717) is 22.1 Å². The topological polar surface area (TPSA) is 71.0 Å². The molecule has 2 heterocycles. The summed E-state index contributed by atoms with van der Waals surface area (Å²) < 4.78 is 20.4. The van der Waals surface area contributed by atoms with Gasteiger partial charge in [-0.05, 0) is 45.6 Å². The molecule has 2 aliphatic rings. The van der Waals surface area contributed by atoms with Crippen molar-refractivity contribution in [1.29, 1.82) is 0 Å². The first kappa shape index (κ1) is 23.1. The smallest absolute Gasteiger partial charge is 0.338 e.